The van der Waals surface area contributed by atoms with Gasteiger partial charge in [0.25, 0.3) is 0 Å². The van der Waals surface area contributed by atoms with Gasteiger partial charge in [0.15, 0.2) is 0 Å². The summed E-state index contributed by atoms with van der Waals surface area (Å²) in [5.74, 6) is 3.06. The quantitative estimate of drug-likeness (QED) is 0.547. The molecule has 1 atom stereocenters. The monoisotopic (exact) mass is 185 g/mol. The van der Waals surface area contributed by atoms with Crippen LogP contribution < -0.4 is 0 Å². The molecular weight excluding hydrogens is 168 g/mol. The Hall–Kier alpha value is -1.22. The molecule has 1 fully saturated rings. The van der Waals surface area contributed by atoms with Crippen LogP contribution in [0.4, 0.5) is 0 Å². The third kappa shape index (κ3) is 2.39. The zero-order chi connectivity index (χ0) is 10.6. The fourth-order valence-corrected chi connectivity index (χ4v) is 2.03. The number of hydrogen-bond acceptors (Lipinski definition) is 0. The van der Waals surface area contributed by atoms with Gasteiger partial charge in [-0.25, -0.2) is 0 Å². The third-order valence-corrected chi connectivity index (χ3v) is 2.72. The predicted octanol–water partition coefficient (Wildman–Crippen LogP) is 3.68. The van der Waals surface area contributed by atoms with E-state index in [9.17, 15) is 0 Å². The van der Waals surface area contributed by atoms with Gasteiger partial charge in [-0.3, -0.25) is 0 Å². The third-order valence-electron chi connectivity index (χ3n) is 2.72. The van der Waals surface area contributed by atoms with Crippen LogP contribution in [0.25, 0.3) is 0 Å². The van der Waals surface area contributed by atoms with Gasteiger partial charge in [-0.15, -0.1) is 6.42 Å². The molecule has 1 radical (unpaired) electrons. The largest absolute Gasteiger partial charge is 0.115 e. The van der Waals surface area contributed by atoms with E-state index >= 15 is 0 Å². The fraction of sp³-hybridized carbons (Fsp3) is 0.357. The van der Waals surface area contributed by atoms with Crippen LogP contribution in [0.5, 0.6) is 0 Å². The van der Waals surface area contributed by atoms with Gasteiger partial charge in [-0.2, -0.15) is 0 Å². The lowest BCUT2D eigenvalue weighted by molar-refractivity contribution is 0.538. The maximum absolute atomic E-state index is 5.17. The van der Waals surface area contributed by atoms with Crippen molar-refractivity contribution >= 4 is 0 Å². The van der Waals surface area contributed by atoms with Gasteiger partial charge in [0.1, 0.15) is 0 Å². The molecular formula is C14H17. The molecule has 73 valence electrons. The molecule has 1 aliphatic carbocycles. The van der Waals surface area contributed by atoms with E-state index in [1.807, 2.05) is 6.08 Å². The Labute approximate surface area is 87.4 Å². The summed E-state index contributed by atoms with van der Waals surface area (Å²) in [6.07, 6.45) is 12.3. The van der Waals surface area contributed by atoms with Gasteiger partial charge in [-0.1, -0.05) is 31.1 Å². The fourth-order valence-electron chi connectivity index (χ4n) is 2.03. The highest BCUT2D eigenvalue weighted by atomic mass is 14.2. The van der Waals surface area contributed by atoms with Crippen molar-refractivity contribution < 1.29 is 0 Å². The van der Waals surface area contributed by atoms with Crippen LogP contribution in [0.1, 0.15) is 26.2 Å². The molecule has 0 heteroatoms. The van der Waals surface area contributed by atoms with Crippen LogP contribution >= 0.6 is 0 Å². The number of terminal acetylenes is 1. The number of hydrogen-bond donors (Lipinski definition) is 0. The number of rotatable bonds is 1. The van der Waals surface area contributed by atoms with Crippen LogP contribution in [-0.4, -0.2) is 0 Å². The molecule has 0 aromatic rings. The van der Waals surface area contributed by atoms with Gasteiger partial charge < -0.3 is 0 Å². The molecule has 0 aromatic heterocycles. The summed E-state index contributed by atoms with van der Waals surface area (Å²) in [5, 5.41) is 0. The van der Waals surface area contributed by atoms with Crippen molar-refractivity contribution in [3.05, 3.63) is 42.4 Å². The second kappa shape index (κ2) is 4.86. The van der Waals surface area contributed by atoms with Crippen molar-refractivity contribution in [3.8, 4) is 12.3 Å². The molecule has 0 unspecified atom stereocenters. The summed E-state index contributed by atoms with van der Waals surface area (Å²) >= 11 is 0. The van der Waals surface area contributed by atoms with Gasteiger partial charge in [0.2, 0.25) is 0 Å². The van der Waals surface area contributed by atoms with E-state index < -0.39 is 0 Å². The summed E-state index contributed by atoms with van der Waals surface area (Å²) in [6, 6.07) is 0. The second-order valence-corrected chi connectivity index (χ2v) is 3.84. The average molecular weight is 185 g/mol. The highest BCUT2D eigenvalue weighted by molar-refractivity contribution is 5.43. The minimum atomic E-state index is 0.575. The first-order valence-corrected chi connectivity index (χ1v) is 5.03. The van der Waals surface area contributed by atoms with Crippen LogP contribution in [0.3, 0.4) is 0 Å². The van der Waals surface area contributed by atoms with Crippen molar-refractivity contribution in [2.45, 2.75) is 26.2 Å². The minimum absolute atomic E-state index is 0.575. The lowest BCUT2D eigenvalue weighted by atomic mass is 9.80. The summed E-state index contributed by atoms with van der Waals surface area (Å²) in [6.45, 7) is 10.4. The lowest BCUT2D eigenvalue weighted by Crippen LogP contribution is -2.10. The van der Waals surface area contributed by atoms with Crippen LogP contribution in [0.2, 0.25) is 0 Å². The molecule has 0 N–H and O–H groups in total. The van der Waals surface area contributed by atoms with Crippen molar-refractivity contribution in [1.29, 1.82) is 0 Å². The molecule has 0 nitrogen and oxygen atoms in total. The highest BCUT2D eigenvalue weighted by Crippen LogP contribution is 2.34. The Morgan fingerprint density at radius 3 is 2.93 bits per heavy atom. The summed E-state index contributed by atoms with van der Waals surface area (Å²) in [7, 11) is 0. The SMILES string of the molecule is C#C/C=C\C([CH2])=C1/C(=C)CCC[C@H]1C. The highest BCUT2D eigenvalue weighted by Gasteiger charge is 2.18. The maximum atomic E-state index is 5.17. The van der Waals surface area contributed by atoms with E-state index in [1.165, 1.54) is 24.0 Å². The molecule has 0 aliphatic heterocycles. The molecule has 14 heavy (non-hydrogen) atoms. The van der Waals surface area contributed by atoms with Gasteiger partial charge in [-0.05, 0) is 49.3 Å². The Morgan fingerprint density at radius 2 is 2.36 bits per heavy atom. The average Bonchev–Trinajstić information content (AvgIpc) is 2.14. The molecule has 0 aromatic carbocycles. The molecule has 0 heterocycles. The zero-order valence-corrected chi connectivity index (χ0v) is 8.84. The van der Waals surface area contributed by atoms with Crippen LogP contribution in [0.15, 0.2) is 35.5 Å². The Balaban J connectivity index is 2.96. The minimum Gasteiger partial charge on any atom is -0.115 e. The summed E-state index contributed by atoms with van der Waals surface area (Å²) < 4.78 is 0. The van der Waals surface area contributed by atoms with E-state index in [4.69, 9.17) is 6.42 Å². The number of allylic oxidation sites excluding steroid dienone is 5. The van der Waals surface area contributed by atoms with Crippen molar-refractivity contribution in [2.75, 3.05) is 0 Å². The van der Waals surface area contributed by atoms with Crippen molar-refractivity contribution in [2.24, 2.45) is 5.92 Å². The summed E-state index contributed by atoms with van der Waals surface area (Å²) in [4.78, 5) is 0. The molecule has 1 aliphatic rings. The molecule has 1 rings (SSSR count). The van der Waals surface area contributed by atoms with Crippen LogP contribution in [0, 0.1) is 25.2 Å². The van der Waals surface area contributed by atoms with Gasteiger partial charge in [0, 0.05) is 0 Å². The van der Waals surface area contributed by atoms with Crippen molar-refractivity contribution in [3.63, 3.8) is 0 Å². The molecule has 0 saturated heterocycles. The first-order chi connectivity index (χ1) is 6.66. The molecule has 0 bridgehead atoms. The van der Waals surface area contributed by atoms with Crippen molar-refractivity contribution in [1.82, 2.24) is 0 Å². The lowest BCUT2D eigenvalue weighted by Gasteiger charge is -2.25. The normalized spacial score (nSPS) is 26.4. The van der Waals surface area contributed by atoms with E-state index in [1.54, 1.807) is 6.08 Å². The smallest absolute Gasteiger partial charge is 0.0119 e. The Morgan fingerprint density at radius 1 is 1.64 bits per heavy atom. The molecule has 0 spiro atoms. The van der Waals surface area contributed by atoms with Crippen LogP contribution in [-0.2, 0) is 0 Å². The van der Waals surface area contributed by atoms with E-state index in [2.05, 4.69) is 26.3 Å². The standard InChI is InChI=1S/C14H17/c1-5-6-8-11(2)14-12(3)9-7-10-13(14)4/h1,6,8,13H,2-3,7,9-10H2,4H3/b8-6-,14-11+/t13-/m1/s1. The van der Waals surface area contributed by atoms with Gasteiger partial charge >= 0.3 is 0 Å². The van der Waals surface area contributed by atoms with E-state index in [0.29, 0.717) is 5.92 Å². The zero-order valence-electron chi connectivity index (χ0n) is 8.84. The first-order valence-electron chi connectivity index (χ1n) is 5.03. The molecule has 1 saturated carbocycles. The first kappa shape index (κ1) is 10.9. The Kier molecular flexibility index (Phi) is 3.77. The summed E-state index contributed by atoms with van der Waals surface area (Å²) in [5.41, 5.74) is 3.57. The predicted molar refractivity (Wildman–Crippen MR) is 62.5 cm³/mol. The van der Waals surface area contributed by atoms with E-state index in [-0.39, 0.29) is 0 Å². The molecule has 0 amide bonds. The van der Waals surface area contributed by atoms with E-state index in [0.717, 1.165) is 12.0 Å². The second-order valence-electron chi connectivity index (χ2n) is 3.84. The van der Waals surface area contributed by atoms with Gasteiger partial charge in [0.05, 0.1) is 0 Å². The topological polar surface area (TPSA) is 0 Å². The maximum Gasteiger partial charge on any atom is -0.0119 e. The Bertz CT molecular complexity index is 320.